The van der Waals surface area contributed by atoms with Crippen LogP contribution in [0.3, 0.4) is 0 Å². The Kier molecular flexibility index (Phi) is 11.6. The highest BCUT2D eigenvalue weighted by atomic mass is 79.9. The maximum absolute atomic E-state index is 14.1. The number of hydrogen-bond acceptors (Lipinski definition) is 4. The van der Waals surface area contributed by atoms with Gasteiger partial charge in [-0.3, -0.25) is 9.59 Å². The van der Waals surface area contributed by atoms with Gasteiger partial charge in [0.2, 0.25) is 11.7 Å². The molecule has 0 saturated carbocycles. The summed E-state index contributed by atoms with van der Waals surface area (Å²) in [5.41, 5.74) is 0.0721. The Morgan fingerprint density at radius 3 is 2.48 bits per heavy atom. The fraction of sp³-hybridized carbons (Fsp3) is 0.294. The van der Waals surface area contributed by atoms with E-state index in [9.17, 15) is 14.0 Å². The zero-order chi connectivity index (χ0) is 19.4. The lowest BCUT2D eigenvalue weighted by Gasteiger charge is -2.11. The van der Waals surface area contributed by atoms with Crippen LogP contribution in [0.15, 0.2) is 30.5 Å². The fourth-order valence-corrected chi connectivity index (χ4v) is 2.31. The molecule has 1 atom stereocenters. The monoisotopic (exact) mass is 431 g/mol. The highest BCUT2D eigenvalue weighted by Gasteiger charge is 2.24. The van der Waals surface area contributed by atoms with Crippen molar-refractivity contribution in [3.8, 4) is 0 Å². The van der Waals surface area contributed by atoms with E-state index in [1.54, 1.807) is 0 Å². The van der Waals surface area contributed by atoms with Crippen LogP contribution in [0.2, 0.25) is 5.28 Å². The van der Waals surface area contributed by atoms with Crippen molar-refractivity contribution in [2.75, 3.05) is 5.32 Å². The third-order valence-electron chi connectivity index (χ3n) is 2.62. The SMILES string of the molecule is CC.CC.O=CNc1cccc(C(=O)C(Br)c2ccnc(Cl)n2)c1F. The maximum Gasteiger partial charge on any atom is 0.222 e. The number of rotatable bonds is 5. The molecule has 0 radical (unpaired) electrons. The van der Waals surface area contributed by atoms with Crippen molar-refractivity contribution in [1.29, 1.82) is 0 Å². The summed E-state index contributed by atoms with van der Waals surface area (Å²) < 4.78 is 14.1. The number of Topliss-reactive ketones (excluding diaryl/α,β-unsaturated/α-hetero) is 1. The number of hydrogen-bond donors (Lipinski definition) is 1. The minimum absolute atomic E-state index is 0.0124. The summed E-state index contributed by atoms with van der Waals surface area (Å²) >= 11 is 8.82. The van der Waals surface area contributed by atoms with Gasteiger partial charge in [0.1, 0.15) is 4.83 Å². The Bertz CT molecular complexity index is 701. The molecule has 0 aliphatic carbocycles. The van der Waals surface area contributed by atoms with Crippen molar-refractivity contribution >= 4 is 45.4 Å². The van der Waals surface area contributed by atoms with Crippen LogP contribution in [0.1, 0.15) is 48.6 Å². The Hall–Kier alpha value is -1.86. The molecule has 1 aromatic heterocycles. The van der Waals surface area contributed by atoms with Gasteiger partial charge in [0.05, 0.1) is 16.9 Å². The van der Waals surface area contributed by atoms with Crippen LogP contribution in [0.5, 0.6) is 0 Å². The van der Waals surface area contributed by atoms with Crippen molar-refractivity contribution in [1.82, 2.24) is 9.97 Å². The summed E-state index contributed by atoms with van der Waals surface area (Å²) in [6.45, 7) is 8.00. The lowest BCUT2D eigenvalue weighted by atomic mass is 10.0. The number of nitrogens with zero attached hydrogens (tertiary/aromatic N) is 2. The van der Waals surface area contributed by atoms with E-state index in [2.05, 4.69) is 31.2 Å². The molecule has 0 saturated heterocycles. The molecule has 0 spiro atoms. The van der Waals surface area contributed by atoms with Gasteiger partial charge in [-0.2, -0.15) is 0 Å². The smallest absolute Gasteiger partial charge is 0.222 e. The Morgan fingerprint density at radius 2 is 1.92 bits per heavy atom. The fourth-order valence-electron chi connectivity index (χ4n) is 1.66. The quantitative estimate of drug-likeness (QED) is 0.305. The number of benzene rings is 1. The first-order valence-electron chi connectivity index (χ1n) is 7.70. The lowest BCUT2D eigenvalue weighted by Crippen LogP contribution is -2.12. The van der Waals surface area contributed by atoms with Gasteiger partial charge in [0, 0.05) is 6.20 Å². The summed E-state index contributed by atoms with van der Waals surface area (Å²) in [5.74, 6) is -1.35. The molecule has 1 aromatic carbocycles. The van der Waals surface area contributed by atoms with Crippen molar-refractivity contribution in [3.05, 3.63) is 52.8 Å². The molecular weight excluding hydrogens is 413 g/mol. The second-order valence-electron chi connectivity index (χ2n) is 3.91. The molecule has 0 aliphatic rings. The van der Waals surface area contributed by atoms with Crippen molar-refractivity contribution < 1.29 is 14.0 Å². The third kappa shape index (κ3) is 6.51. The summed E-state index contributed by atoms with van der Waals surface area (Å²) in [6.07, 6.45) is 1.73. The molecule has 1 heterocycles. The summed E-state index contributed by atoms with van der Waals surface area (Å²) in [6, 6.07) is 5.64. The van der Waals surface area contributed by atoms with E-state index in [1.165, 1.54) is 30.5 Å². The number of ketones is 1. The van der Waals surface area contributed by atoms with Crippen molar-refractivity contribution in [2.45, 2.75) is 32.5 Å². The van der Waals surface area contributed by atoms with Gasteiger partial charge < -0.3 is 5.32 Å². The standard InChI is InChI=1S/C13H8BrClFN3O2.2C2H6/c14-10(8-4-5-17-13(15)19-8)12(21)7-2-1-3-9(11(7)16)18-6-20;2*1-2/h1-6,10H,(H,18,20);2*1-2H3. The molecular formula is C17H20BrClFN3O2. The summed E-state index contributed by atoms with van der Waals surface area (Å²) in [4.78, 5) is 29.5. The Balaban J connectivity index is 0.00000134. The van der Waals surface area contributed by atoms with E-state index < -0.39 is 16.4 Å². The average molecular weight is 433 g/mol. The predicted molar refractivity (Wildman–Crippen MR) is 102 cm³/mol. The highest BCUT2D eigenvalue weighted by molar-refractivity contribution is 9.09. The first-order chi connectivity index (χ1) is 12.0. The van der Waals surface area contributed by atoms with Crippen LogP contribution in [0.25, 0.3) is 0 Å². The molecule has 1 unspecified atom stereocenters. The van der Waals surface area contributed by atoms with Crippen LogP contribution in [0.4, 0.5) is 10.1 Å². The van der Waals surface area contributed by atoms with Gasteiger partial charge in [-0.15, -0.1) is 0 Å². The molecule has 5 nitrogen and oxygen atoms in total. The number of anilines is 1. The number of halogens is 3. The normalized spacial score (nSPS) is 10.4. The van der Waals surface area contributed by atoms with Crippen molar-refractivity contribution in [2.24, 2.45) is 0 Å². The third-order valence-corrected chi connectivity index (χ3v) is 3.68. The minimum atomic E-state index is -0.876. The Labute approximate surface area is 160 Å². The van der Waals surface area contributed by atoms with E-state index in [4.69, 9.17) is 11.6 Å². The molecule has 8 heteroatoms. The molecule has 136 valence electrons. The number of aromatic nitrogens is 2. The first-order valence-corrected chi connectivity index (χ1v) is 8.99. The lowest BCUT2D eigenvalue weighted by molar-refractivity contribution is -0.105. The summed E-state index contributed by atoms with van der Waals surface area (Å²) in [5, 5.41) is 2.18. The van der Waals surface area contributed by atoms with Crippen LogP contribution in [-0.2, 0) is 4.79 Å². The minimum Gasteiger partial charge on any atom is -0.326 e. The molecule has 0 fully saturated rings. The largest absolute Gasteiger partial charge is 0.326 e. The second kappa shape index (κ2) is 12.5. The molecule has 1 N–H and O–H groups in total. The zero-order valence-electron chi connectivity index (χ0n) is 14.4. The van der Waals surface area contributed by atoms with Crippen molar-refractivity contribution in [3.63, 3.8) is 0 Å². The summed E-state index contributed by atoms with van der Waals surface area (Å²) in [7, 11) is 0. The van der Waals surface area contributed by atoms with Gasteiger partial charge in [-0.1, -0.05) is 49.7 Å². The van der Waals surface area contributed by atoms with E-state index >= 15 is 0 Å². The predicted octanol–water partition coefficient (Wildman–Crippen LogP) is 5.21. The van der Waals surface area contributed by atoms with Crippen LogP contribution < -0.4 is 5.32 Å². The average Bonchev–Trinajstić information content (AvgIpc) is 2.66. The molecule has 0 bridgehead atoms. The van der Waals surface area contributed by atoms with E-state index in [-0.39, 0.29) is 16.5 Å². The van der Waals surface area contributed by atoms with Gasteiger partial charge in [0.15, 0.2) is 11.6 Å². The molecule has 2 aromatic rings. The maximum atomic E-state index is 14.1. The van der Waals surface area contributed by atoms with E-state index in [0.29, 0.717) is 12.1 Å². The Morgan fingerprint density at radius 1 is 1.28 bits per heavy atom. The van der Waals surface area contributed by atoms with E-state index in [0.717, 1.165) is 0 Å². The molecule has 25 heavy (non-hydrogen) atoms. The first kappa shape index (κ1) is 23.1. The number of amides is 1. The molecule has 2 rings (SSSR count). The zero-order valence-corrected chi connectivity index (χ0v) is 16.7. The van der Waals surface area contributed by atoms with Crippen LogP contribution in [-0.4, -0.2) is 22.2 Å². The number of alkyl halides is 1. The number of nitrogens with one attached hydrogen (secondary N) is 1. The van der Waals surface area contributed by atoms with Gasteiger partial charge >= 0.3 is 0 Å². The topological polar surface area (TPSA) is 72.0 Å². The molecule has 1 amide bonds. The second-order valence-corrected chi connectivity index (χ2v) is 5.16. The van der Waals surface area contributed by atoms with Gasteiger partial charge in [-0.25, -0.2) is 14.4 Å². The van der Waals surface area contributed by atoms with Crippen LogP contribution >= 0.6 is 27.5 Å². The van der Waals surface area contributed by atoms with Gasteiger partial charge in [0.25, 0.3) is 0 Å². The highest BCUT2D eigenvalue weighted by Crippen LogP contribution is 2.29. The molecule has 0 aliphatic heterocycles. The van der Waals surface area contributed by atoms with E-state index in [1.807, 2.05) is 27.7 Å². The van der Waals surface area contributed by atoms with Gasteiger partial charge in [-0.05, 0) is 29.8 Å². The number of carbonyl (C=O) groups excluding carboxylic acids is 2. The number of carbonyl (C=O) groups is 2. The van der Waals surface area contributed by atoms with Crippen LogP contribution in [0, 0.1) is 5.82 Å².